The van der Waals surface area contributed by atoms with E-state index in [1.165, 1.54) is 36.4 Å². The first-order valence-electron chi connectivity index (χ1n) is 11.5. The number of imide groups is 1. The van der Waals surface area contributed by atoms with E-state index in [1.807, 2.05) is 6.92 Å². The normalized spacial score (nSPS) is 12.8. The molecule has 11 nitrogen and oxygen atoms in total. The molecule has 0 aromatic heterocycles. The van der Waals surface area contributed by atoms with Crippen LogP contribution in [-0.2, 0) is 9.59 Å². The van der Waals surface area contributed by atoms with Gasteiger partial charge >= 0.3 is 5.97 Å². The molecule has 0 bridgehead atoms. The Kier molecular flexibility index (Phi) is 7.38. The summed E-state index contributed by atoms with van der Waals surface area (Å²) in [6.45, 7) is 1.25. The summed E-state index contributed by atoms with van der Waals surface area (Å²) < 4.78 is 5.33. The summed E-state index contributed by atoms with van der Waals surface area (Å²) in [5.41, 5.74) is 1.19. The molecule has 192 valence electrons. The minimum absolute atomic E-state index is 0.0470. The predicted molar refractivity (Wildman–Crippen MR) is 132 cm³/mol. The number of hydrogen-bond donors (Lipinski definition) is 0. The summed E-state index contributed by atoms with van der Waals surface area (Å²) in [6.07, 6.45) is -0.226. The van der Waals surface area contributed by atoms with Gasteiger partial charge in [-0.05, 0) is 55.5 Å². The number of aryl methyl sites for hydroxylation is 1. The summed E-state index contributed by atoms with van der Waals surface area (Å²) in [5.74, 6) is -3.11. The number of amides is 3. The number of nitro groups is 1. The highest BCUT2D eigenvalue weighted by Gasteiger charge is 2.38. The molecule has 0 N–H and O–H groups in total. The lowest BCUT2D eigenvalue weighted by Gasteiger charge is -2.29. The Morgan fingerprint density at radius 2 is 1.37 bits per heavy atom. The second-order valence-corrected chi connectivity index (χ2v) is 8.47. The van der Waals surface area contributed by atoms with Gasteiger partial charge in [-0.1, -0.05) is 17.7 Å². The van der Waals surface area contributed by atoms with Crippen molar-refractivity contribution in [3.8, 4) is 5.75 Å². The minimum Gasteiger partial charge on any atom is -0.423 e. The number of Topliss-reactive ketones (excluding diaryl/α,β-unsaturated/α-hetero) is 1. The molecule has 11 heteroatoms. The van der Waals surface area contributed by atoms with E-state index in [2.05, 4.69) is 0 Å². The van der Waals surface area contributed by atoms with E-state index in [-0.39, 0.29) is 35.4 Å². The lowest BCUT2D eigenvalue weighted by atomic mass is 10.1. The Morgan fingerprint density at radius 1 is 0.842 bits per heavy atom. The quantitative estimate of drug-likeness (QED) is 0.111. The van der Waals surface area contributed by atoms with Crippen molar-refractivity contribution in [1.29, 1.82) is 0 Å². The first-order chi connectivity index (χ1) is 18.1. The number of nitro benzene ring substituents is 1. The Labute approximate surface area is 216 Å². The van der Waals surface area contributed by atoms with E-state index >= 15 is 0 Å². The highest BCUT2D eigenvalue weighted by molar-refractivity contribution is 6.08. The molecule has 3 amide bonds. The maximum Gasteiger partial charge on any atom is 0.343 e. The van der Waals surface area contributed by atoms with Crippen LogP contribution in [0.4, 0.5) is 5.69 Å². The number of ketones is 1. The Balaban J connectivity index is 1.51. The van der Waals surface area contributed by atoms with E-state index in [9.17, 15) is 34.1 Å². The summed E-state index contributed by atoms with van der Waals surface area (Å²) >= 11 is 0. The molecule has 38 heavy (non-hydrogen) atoms. The fraction of sp³-hybridized carbons (Fsp3) is 0.148. The van der Waals surface area contributed by atoms with Crippen LogP contribution in [0.25, 0.3) is 0 Å². The van der Waals surface area contributed by atoms with Gasteiger partial charge in [-0.2, -0.15) is 5.01 Å². The Bertz CT molecular complexity index is 1410. The predicted octanol–water partition coefficient (Wildman–Crippen LogP) is 3.51. The molecule has 1 heterocycles. The van der Waals surface area contributed by atoms with Gasteiger partial charge in [0.15, 0.2) is 5.78 Å². The maximum absolute atomic E-state index is 13.2. The van der Waals surface area contributed by atoms with Gasteiger partial charge in [-0.15, -0.1) is 0 Å². The molecule has 4 rings (SSSR count). The summed E-state index contributed by atoms with van der Waals surface area (Å²) in [7, 11) is 0. The van der Waals surface area contributed by atoms with Crippen LogP contribution in [0, 0.1) is 17.0 Å². The summed E-state index contributed by atoms with van der Waals surface area (Å²) in [4.78, 5) is 73.6. The first-order valence-corrected chi connectivity index (χ1v) is 11.5. The average molecular weight is 515 g/mol. The third-order valence-electron chi connectivity index (χ3n) is 5.79. The maximum atomic E-state index is 13.2. The second kappa shape index (κ2) is 10.8. The van der Waals surface area contributed by atoms with Gasteiger partial charge in [0.05, 0.1) is 10.5 Å². The van der Waals surface area contributed by atoms with Crippen molar-refractivity contribution in [2.24, 2.45) is 0 Å². The van der Waals surface area contributed by atoms with Crippen LogP contribution in [0.3, 0.4) is 0 Å². The number of hydrazine groups is 1. The number of hydrogen-bond acceptors (Lipinski definition) is 8. The summed E-state index contributed by atoms with van der Waals surface area (Å²) in [6, 6.07) is 17.0. The van der Waals surface area contributed by atoms with E-state index in [0.29, 0.717) is 10.6 Å². The molecule has 3 aromatic rings. The van der Waals surface area contributed by atoms with E-state index in [4.69, 9.17) is 4.74 Å². The lowest BCUT2D eigenvalue weighted by molar-refractivity contribution is -0.384. The van der Waals surface area contributed by atoms with Gasteiger partial charge in [-0.3, -0.25) is 29.3 Å². The monoisotopic (exact) mass is 515 g/mol. The van der Waals surface area contributed by atoms with Crippen molar-refractivity contribution in [3.63, 3.8) is 0 Å². The van der Waals surface area contributed by atoms with Crippen molar-refractivity contribution in [1.82, 2.24) is 10.0 Å². The molecule has 1 aliphatic rings. The van der Waals surface area contributed by atoms with Crippen molar-refractivity contribution < 1.29 is 33.6 Å². The van der Waals surface area contributed by atoms with Gasteiger partial charge in [-0.25, -0.2) is 9.80 Å². The van der Waals surface area contributed by atoms with Gasteiger partial charge < -0.3 is 4.74 Å². The standard InChI is InChI=1S/C27H21N3O8/c1-17-2-4-20(5-3-17)27(35)38-22-12-8-18(9-13-22)23(31)16-28(29-24(32)14-15-25(29)33)26(34)19-6-10-21(11-7-19)30(36)37/h2-13H,14-16H2,1H3. The van der Waals surface area contributed by atoms with Crippen LogP contribution >= 0.6 is 0 Å². The van der Waals surface area contributed by atoms with E-state index in [0.717, 1.165) is 22.7 Å². The average Bonchev–Trinajstić information content (AvgIpc) is 3.25. The fourth-order valence-electron chi connectivity index (χ4n) is 3.73. The number of non-ortho nitro benzene ring substituents is 1. The Morgan fingerprint density at radius 3 is 1.92 bits per heavy atom. The van der Waals surface area contributed by atoms with Gasteiger partial charge in [0, 0.05) is 36.1 Å². The number of benzene rings is 3. The van der Waals surface area contributed by atoms with Crippen molar-refractivity contribution >= 4 is 35.2 Å². The third-order valence-corrected chi connectivity index (χ3v) is 5.79. The third kappa shape index (κ3) is 5.62. The first kappa shape index (κ1) is 25.9. The number of carbonyl (C=O) groups excluding carboxylic acids is 5. The second-order valence-electron chi connectivity index (χ2n) is 8.47. The molecule has 0 spiro atoms. The van der Waals surface area contributed by atoms with Gasteiger partial charge in [0.25, 0.3) is 11.6 Å². The zero-order valence-electron chi connectivity index (χ0n) is 20.2. The summed E-state index contributed by atoms with van der Waals surface area (Å²) in [5, 5.41) is 12.3. The largest absolute Gasteiger partial charge is 0.423 e. The van der Waals surface area contributed by atoms with Crippen LogP contribution in [0.2, 0.25) is 0 Å². The molecule has 0 saturated carbocycles. The molecule has 1 saturated heterocycles. The highest BCUT2D eigenvalue weighted by Crippen LogP contribution is 2.21. The van der Waals surface area contributed by atoms with Crippen LogP contribution in [0.5, 0.6) is 5.75 Å². The number of esters is 1. The lowest BCUT2D eigenvalue weighted by Crippen LogP contribution is -2.51. The van der Waals surface area contributed by atoms with Crippen molar-refractivity contribution in [3.05, 3.63) is 105 Å². The zero-order valence-corrected chi connectivity index (χ0v) is 20.2. The Hall–Kier alpha value is -5.19. The molecular formula is C27H21N3O8. The minimum atomic E-state index is -0.847. The van der Waals surface area contributed by atoms with E-state index in [1.54, 1.807) is 24.3 Å². The molecule has 0 atom stereocenters. The molecule has 1 aliphatic heterocycles. The fourth-order valence-corrected chi connectivity index (χ4v) is 3.73. The molecule has 3 aromatic carbocycles. The molecule has 0 aliphatic carbocycles. The zero-order chi connectivity index (χ0) is 27.4. The topological polar surface area (TPSA) is 144 Å². The van der Waals surface area contributed by atoms with E-state index < -0.39 is 40.9 Å². The van der Waals surface area contributed by atoms with Crippen LogP contribution < -0.4 is 4.74 Å². The molecule has 0 radical (unpaired) electrons. The smallest absolute Gasteiger partial charge is 0.343 e. The van der Waals surface area contributed by atoms with Gasteiger partial charge in [0.1, 0.15) is 12.3 Å². The molecular weight excluding hydrogens is 494 g/mol. The van der Waals surface area contributed by atoms with Crippen molar-refractivity contribution in [2.45, 2.75) is 19.8 Å². The van der Waals surface area contributed by atoms with Crippen LogP contribution in [0.15, 0.2) is 72.8 Å². The van der Waals surface area contributed by atoms with Crippen LogP contribution in [0.1, 0.15) is 49.5 Å². The number of nitrogens with zero attached hydrogens (tertiary/aromatic N) is 3. The van der Waals surface area contributed by atoms with Crippen molar-refractivity contribution in [2.75, 3.05) is 6.54 Å². The van der Waals surface area contributed by atoms with Gasteiger partial charge in [0.2, 0.25) is 11.8 Å². The molecule has 0 unspecified atom stereocenters. The molecule has 1 fully saturated rings. The van der Waals surface area contributed by atoms with Crippen LogP contribution in [-0.4, -0.2) is 51.0 Å². The highest BCUT2D eigenvalue weighted by atomic mass is 16.6. The SMILES string of the molecule is Cc1ccc(C(=O)Oc2ccc(C(=O)CN(C(=O)c3ccc([N+](=O)[O-])cc3)N3C(=O)CCC3=O)cc2)cc1. The number of carbonyl (C=O) groups is 5. The number of ether oxygens (including phenoxy) is 1. The number of rotatable bonds is 8.